The second-order valence-electron chi connectivity index (χ2n) is 5.74. The maximum atomic E-state index is 11.8. The highest BCUT2D eigenvalue weighted by atomic mass is 16.6. The van der Waals surface area contributed by atoms with Gasteiger partial charge in [0.2, 0.25) is 0 Å². The van der Waals surface area contributed by atoms with Gasteiger partial charge in [0, 0.05) is 11.6 Å². The van der Waals surface area contributed by atoms with E-state index in [1.165, 1.54) is 18.3 Å². The van der Waals surface area contributed by atoms with Crippen molar-refractivity contribution in [2.24, 2.45) is 5.10 Å². The molecule has 0 spiro atoms. The van der Waals surface area contributed by atoms with Crippen LogP contribution in [-0.4, -0.2) is 28.8 Å². The molecule has 0 unspecified atom stereocenters. The lowest BCUT2D eigenvalue weighted by atomic mass is 10.1. The van der Waals surface area contributed by atoms with Crippen LogP contribution in [-0.2, 0) is 4.79 Å². The number of nitrogens with zero attached hydrogens (tertiary/aromatic N) is 2. The van der Waals surface area contributed by atoms with Gasteiger partial charge in [0.1, 0.15) is 5.75 Å². The molecule has 8 nitrogen and oxygen atoms in total. The predicted octanol–water partition coefficient (Wildman–Crippen LogP) is 2.75. The Morgan fingerprint density at radius 1 is 1.27 bits per heavy atom. The van der Waals surface area contributed by atoms with Gasteiger partial charge in [-0.2, -0.15) is 5.10 Å². The van der Waals surface area contributed by atoms with Gasteiger partial charge < -0.3 is 9.84 Å². The average Bonchev–Trinajstić information content (AvgIpc) is 2.59. The zero-order valence-corrected chi connectivity index (χ0v) is 14.6. The molecule has 0 atom stereocenters. The number of benzene rings is 2. The van der Waals surface area contributed by atoms with Gasteiger partial charge >= 0.3 is 5.69 Å². The van der Waals surface area contributed by atoms with Gasteiger partial charge in [-0.1, -0.05) is 12.1 Å². The molecule has 0 aliphatic rings. The molecule has 26 heavy (non-hydrogen) atoms. The molecule has 0 aliphatic heterocycles. The van der Waals surface area contributed by atoms with Gasteiger partial charge in [0.05, 0.1) is 11.1 Å². The number of nitro groups is 1. The van der Waals surface area contributed by atoms with E-state index in [-0.39, 0.29) is 6.61 Å². The number of aromatic hydroxyl groups is 1. The summed E-state index contributed by atoms with van der Waals surface area (Å²) in [5.41, 5.74) is 5.19. The number of carbonyl (C=O) groups is 1. The molecule has 2 aromatic rings. The second-order valence-corrected chi connectivity index (χ2v) is 5.74. The standard InChI is InChI=1S/C18H19N3O5/c1-11-4-5-12(2)18(13(11)3)26-10-17(23)20-19-9-14-6-7-16(22)15(8-14)21(24)25/h4-9,22H,10H2,1-3H3,(H,20,23)/b19-9+. The summed E-state index contributed by atoms with van der Waals surface area (Å²) in [5.74, 6) is -0.235. The zero-order chi connectivity index (χ0) is 19.3. The minimum atomic E-state index is -0.703. The van der Waals surface area contributed by atoms with Crippen LogP contribution in [0.3, 0.4) is 0 Å². The first-order chi connectivity index (χ1) is 12.3. The van der Waals surface area contributed by atoms with E-state index in [4.69, 9.17) is 4.74 Å². The molecule has 2 aromatic carbocycles. The molecule has 0 fully saturated rings. The van der Waals surface area contributed by atoms with Gasteiger partial charge in [-0.05, 0) is 49.6 Å². The Morgan fingerprint density at radius 3 is 2.65 bits per heavy atom. The molecule has 2 N–H and O–H groups in total. The summed E-state index contributed by atoms with van der Waals surface area (Å²) in [6, 6.07) is 7.69. The number of phenols is 1. The van der Waals surface area contributed by atoms with Crippen LogP contribution in [0, 0.1) is 30.9 Å². The Kier molecular flexibility index (Phi) is 5.90. The summed E-state index contributed by atoms with van der Waals surface area (Å²) >= 11 is 0. The second kappa shape index (κ2) is 8.11. The van der Waals surface area contributed by atoms with Crippen molar-refractivity contribution in [1.29, 1.82) is 0 Å². The summed E-state index contributed by atoms with van der Waals surface area (Å²) < 4.78 is 5.57. The van der Waals surface area contributed by atoms with E-state index in [9.17, 15) is 20.0 Å². The van der Waals surface area contributed by atoms with E-state index in [0.717, 1.165) is 22.8 Å². The predicted molar refractivity (Wildman–Crippen MR) is 96.6 cm³/mol. The Labute approximate surface area is 150 Å². The molecule has 0 saturated heterocycles. The molecule has 1 amide bonds. The fraction of sp³-hybridized carbons (Fsp3) is 0.222. The van der Waals surface area contributed by atoms with E-state index < -0.39 is 22.3 Å². The van der Waals surface area contributed by atoms with Crippen LogP contribution in [0.4, 0.5) is 5.69 Å². The van der Waals surface area contributed by atoms with E-state index in [0.29, 0.717) is 11.3 Å². The number of hydrazone groups is 1. The number of hydrogen-bond acceptors (Lipinski definition) is 6. The lowest BCUT2D eigenvalue weighted by molar-refractivity contribution is -0.385. The maximum Gasteiger partial charge on any atom is 0.311 e. The van der Waals surface area contributed by atoms with Crippen LogP contribution in [0.5, 0.6) is 11.5 Å². The van der Waals surface area contributed by atoms with Gasteiger partial charge in [0.25, 0.3) is 5.91 Å². The zero-order valence-electron chi connectivity index (χ0n) is 14.6. The van der Waals surface area contributed by atoms with Gasteiger partial charge in [-0.15, -0.1) is 0 Å². The number of hydrogen-bond donors (Lipinski definition) is 2. The van der Waals surface area contributed by atoms with E-state index in [2.05, 4.69) is 10.5 Å². The molecule has 0 saturated carbocycles. The van der Waals surface area contributed by atoms with Gasteiger partial charge in [0.15, 0.2) is 12.4 Å². The van der Waals surface area contributed by atoms with Crippen molar-refractivity contribution in [2.45, 2.75) is 20.8 Å². The highest BCUT2D eigenvalue weighted by Crippen LogP contribution is 2.26. The number of ether oxygens (including phenoxy) is 1. The number of phenolic OH excluding ortho intramolecular Hbond substituents is 1. The van der Waals surface area contributed by atoms with Crippen molar-refractivity contribution in [1.82, 2.24) is 5.43 Å². The lowest BCUT2D eigenvalue weighted by Crippen LogP contribution is -2.25. The average molecular weight is 357 g/mol. The normalized spacial score (nSPS) is 10.7. The van der Waals surface area contributed by atoms with E-state index >= 15 is 0 Å². The first-order valence-electron chi connectivity index (χ1n) is 7.78. The monoisotopic (exact) mass is 357 g/mol. The molecule has 0 radical (unpaired) electrons. The van der Waals surface area contributed by atoms with Gasteiger partial charge in [-0.3, -0.25) is 14.9 Å². The SMILES string of the molecule is Cc1ccc(C)c(OCC(=O)N/N=C/c2ccc(O)c([N+](=O)[O-])c2)c1C. The minimum absolute atomic E-state index is 0.210. The third-order valence-corrected chi connectivity index (χ3v) is 3.82. The third-order valence-electron chi connectivity index (χ3n) is 3.82. The number of rotatable bonds is 6. The largest absolute Gasteiger partial charge is 0.502 e. The highest BCUT2D eigenvalue weighted by Gasteiger charge is 2.13. The summed E-state index contributed by atoms with van der Waals surface area (Å²) in [5, 5.41) is 23.9. The fourth-order valence-electron chi connectivity index (χ4n) is 2.26. The van der Waals surface area contributed by atoms with Crippen molar-refractivity contribution in [2.75, 3.05) is 6.61 Å². The molecular formula is C18H19N3O5. The quantitative estimate of drug-likeness (QED) is 0.469. The van der Waals surface area contributed by atoms with Crippen molar-refractivity contribution >= 4 is 17.8 Å². The van der Waals surface area contributed by atoms with Crippen molar-refractivity contribution in [3.63, 3.8) is 0 Å². The molecule has 0 bridgehead atoms. The first kappa shape index (κ1) is 18.9. The third kappa shape index (κ3) is 4.56. The minimum Gasteiger partial charge on any atom is -0.502 e. The van der Waals surface area contributed by atoms with Crippen LogP contribution >= 0.6 is 0 Å². The number of amides is 1. The lowest BCUT2D eigenvalue weighted by Gasteiger charge is -2.13. The topological polar surface area (TPSA) is 114 Å². The van der Waals surface area contributed by atoms with E-state index in [1.54, 1.807) is 0 Å². The maximum absolute atomic E-state index is 11.8. The molecular weight excluding hydrogens is 338 g/mol. The summed E-state index contributed by atoms with van der Waals surface area (Å²) in [6.07, 6.45) is 1.24. The molecule has 8 heteroatoms. The molecule has 136 valence electrons. The van der Waals surface area contributed by atoms with Crippen LogP contribution in [0.1, 0.15) is 22.3 Å². The van der Waals surface area contributed by atoms with Crippen molar-refractivity contribution in [3.8, 4) is 11.5 Å². The number of carbonyl (C=O) groups excluding carboxylic acids is 1. The number of nitro benzene ring substituents is 1. The summed E-state index contributed by atoms with van der Waals surface area (Å²) in [4.78, 5) is 21.9. The molecule has 0 heterocycles. The Bertz CT molecular complexity index is 877. The Hall–Kier alpha value is -3.42. The van der Waals surface area contributed by atoms with Crippen molar-refractivity contribution < 1.29 is 19.6 Å². The van der Waals surface area contributed by atoms with Crippen LogP contribution < -0.4 is 10.2 Å². The van der Waals surface area contributed by atoms with Crippen LogP contribution in [0.15, 0.2) is 35.4 Å². The number of nitrogens with one attached hydrogen (secondary N) is 1. The van der Waals surface area contributed by atoms with Crippen LogP contribution in [0.25, 0.3) is 0 Å². The Morgan fingerprint density at radius 2 is 1.96 bits per heavy atom. The number of aryl methyl sites for hydroxylation is 2. The highest BCUT2D eigenvalue weighted by molar-refractivity contribution is 5.84. The fourth-order valence-corrected chi connectivity index (χ4v) is 2.26. The first-order valence-corrected chi connectivity index (χ1v) is 7.78. The van der Waals surface area contributed by atoms with Crippen molar-refractivity contribution in [3.05, 3.63) is 62.7 Å². The van der Waals surface area contributed by atoms with Gasteiger partial charge in [-0.25, -0.2) is 5.43 Å². The summed E-state index contributed by atoms with van der Waals surface area (Å²) in [7, 11) is 0. The molecule has 2 rings (SSSR count). The van der Waals surface area contributed by atoms with Crippen LogP contribution in [0.2, 0.25) is 0 Å². The molecule has 0 aromatic heterocycles. The summed E-state index contributed by atoms with van der Waals surface area (Å²) in [6.45, 7) is 5.57. The van der Waals surface area contributed by atoms with E-state index in [1.807, 2.05) is 32.9 Å². The molecule has 0 aliphatic carbocycles. The smallest absolute Gasteiger partial charge is 0.311 e. The Balaban J connectivity index is 1.95.